The average Bonchev–Trinajstić information content (AvgIpc) is 2.94. The number of benzene rings is 1. The fourth-order valence-electron chi connectivity index (χ4n) is 2.16. The van der Waals surface area contributed by atoms with Gasteiger partial charge in [0.25, 0.3) is 0 Å². The van der Waals surface area contributed by atoms with E-state index in [9.17, 15) is 0 Å². The molecule has 0 amide bonds. The molecule has 0 radical (unpaired) electrons. The van der Waals surface area contributed by atoms with Crippen molar-refractivity contribution >= 4 is 22.2 Å². The summed E-state index contributed by atoms with van der Waals surface area (Å²) in [5, 5.41) is 9.89. The first-order chi connectivity index (χ1) is 10.7. The fourth-order valence-corrected chi connectivity index (χ4v) is 2.90. The Kier molecular flexibility index (Phi) is 6.68. The van der Waals surface area contributed by atoms with Crippen molar-refractivity contribution < 1.29 is 4.74 Å². The van der Waals surface area contributed by atoms with E-state index in [1.54, 1.807) is 11.3 Å². The minimum absolute atomic E-state index is 0.459. The molecule has 120 valence electrons. The highest BCUT2D eigenvalue weighted by Crippen LogP contribution is 2.23. The molecule has 1 unspecified atom stereocenters. The Balaban J connectivity index is 1.88. The second-order valence-electron chi connectivity index (χ2n) is 5.29. The lowest BCUT2D eigenvalue weighted by molar-refractivity contribution is 0.340. The molecule has 2 aromatic rings. The van der Waals surface area contributed by atoms with Crippen molar-refractivity contribution in [3.05, 3.63) is 35.3 Å². The van der Waals surface area contributed by atoms with Crippen LogP contribution in [0.3, 0.4) is 0 Å². The van der Waals surface area contributed by atoms with Gasteiger partial charge < -0.3 is 15.4 Å². The highest BCUT2D eigenvalue weighted by molar-refractivity contribution is 7.13. The lowest BCUT2D eigenvalue weighted by atomic mass is 10.2. The molecule has 0 bridgehead atoms. The Hall–Kier alpha value is -1.59. The number of aromatic nitrogens is 1. The van der Waals surface area contributed by atoms with Gasteiger partial charge in [0, 0.05) is 23.5 Å². The van der Waals surface area contributed by atoms with Crippen LogP contribution in [0.25, 0.3) is 0 Å². The minimum atomic E-state index is 0.459. The van der Waals surface area contributed by atoms with Crippen LogP contribution in [0.5, 0.6) is 5.75 Å². The van der Waals surface area contributed by atoms with Crippen LogP contribution in [0, 0.1) is 0 Å². The first kappa shape index (κ1) is 16.8. The van der Waals surface area contributed by atoms with Crippen molar-refractivity contribution in [1.29, 1.82) is 0 Å². The molecule has 2 N–H and O–H groups in total. The number of thiazole rings is 1. The van der Waals surface area contributed by atoms with Crippen molar-refractivity contribution in [3.8, 4) is 5.75 Å². The molecule has 2 rings (SSSR count). The minimum Gasteiger partial charge on any atom is -0.494 e. The van der Waals surface area contributed by atoms with Gasteiger partial charge in [-0.1, -0.05) is 6.92 Å². The van der Waals surface area contributed by atoms with Crippen LogP contribution in [0.1, 0.15) is 32.9 Å². The molecule has 0 aliphatic carbocycles. The molecule has 0 saturated heterocycles. The summed E-state index contributed by atoms with van der Waals surface area (Å²) in [6, 6.07) is 8.42. The molecule has 1 aromatic heterocycles. The van der Waals surface area contributed by atoms with Crippen LogP contribution >= 0.6 is 11.3 Å². The third-order valence-electron chi connectivity index (χ3n) is 3.23. The molecule has 1 heterocycles. The Labute approximate surface area is 136 Å². The maximum Gasteiger partial charge on any atom is 0.187 e. The Bertz CT molecular complexity index is 553. The van der Waals surface area contributed by atoms with Crippen LogP contribution in [-0.4, -0.2) is 24.2 Å². The van der Waals surface area contributed by atoms with Crippen LogP contribution in [0.2, 0.25) is 0 Å². The molecule has 0 spiro atoms. The molecule has 0 fully saturated rings. The number of hydrogen-bond acceptors (Lipinski definition) is 5. The summed E-state index contributed by atoms with van der Waals surface area (Å²) in [5.41, 5.74) is 2.16. The quantitative estimate of drug-likeness (QED) is 0.726. The zero-order valence-electron chi connectivity index (χ0n) is 13.6. The molecular formula is C17H25N3OS. The van der Waals surface area contributed by atoms with E-state index in [1.807, 2.05) is 31.2 Å². The van der Waals surface area contributed by atoms with Crippen LogP contribution in [-0.2, 0) is 6.42 Å². The van der Waals surface area contributed by atoms with Gasteiger partial charge in [0.15, 0.2) is 5.13 Å². The van der Waals surface area contributed by atoms with E-state index in [-0.39, 0.29) is 0 Å². The number of hydrogen-bond donors (Lipinski definition) is 2. The molecular weight excluding hydrogens is 294 g/mol. The Morgan fingerprint density at radius 3 is 2.68 bits per heavy atom. The van der Waals surface area contributed by atoms with Gasteiger partial charge in [-0.2, -0.15) is 0 Å². The van der Waals surface area contributed by atoms with Crippen molar-refractivity contribution in [2.45, 2.75) is 39.7 Å². The Morgan fingerprint density at radius 2 is 2.00 bits per heavy atom. The molecule has 5 heteroatoms. The molecule has 1 aromatic carbocycles. The highest BCUT2D eigenvalue weighted by atomic mass is 32.1. The molecule has 0 saturated carbocycles. The zero-order chi connectivity index (χ0) is 15.8. The highest BCUT2D eigenvalue weighted by Gasteiger charge is 2.07. The molecule has 0 aliphatic rings. The molecule has 1 atom stereocenters. The second-order valence-corrected chi connectivity index (χ2v) is 6.14. The summed E-state index contributed by atoms with van der Waals surface area (Å²) in [6.45, 7) is 8.12. The number of ether oxygens (including phenoxy) is 1. The number of rotatable bonds is 9. The summed E-state index contributed by atoms with van der Waals surface area (Å²) < 4.78 is 5.44. The third-order valence-corrected chi connectivity index (χ3v) is 4.03. The SMILES string of the molecule is CCCNC(C)Cc1csc(Nc2ccc(OCC)cc2)n1. The van der Waals surface area contributed by atoms with E-state index in [4.69, 9.17) is 4.74 Å². The van der Waals surface area contributed by atoms with E-state index < -0.39 is 0 Å². The van der Waals surface area contributed by atoms with Gasteiger partial charge in [-0.3, -0.25) is 0 Å². The normalized spacial score (nSPS) is 12.1. The van der Waals surface area contributed by atoms with E-state index in [1.165, 1.54) is 0 Å². The van der Waals surface area contributed by atoms with Gasteiger partial charge in [0.05, 0.1) is 12.3 Å². The van der Waals surface area contributed by atoms with Gasteiger partial charge >= 0.3 is 0 Å². The maximum absolute atomic E-state index is 5.44. The van der Waals surface area contributed by atoms with E-state index >= 15 is 0 Å². The number of nitrogens with zero attached hydrogens (tertiary/aromatic N) is 1. The smallest absolute Gasteiger partial charge is 0.187 e. The topological polar surface area (TPSA) is 46.2 Å². The van der Waals surface area contributed by atoms with Crippen molar-refractivity contribution in [2.24, 2.45) is 0 Å². The standard InChI is InChI=1S/C17H25N3OS/c1-4-10-18-13(3)11-15-12-22-17(20-15)19-14-6-8-16(9-7-14)21-5-2/h6-9,12-13,18H,4-5,10-11H2,1-3H3,(H,19,20). The van der Waals surface area contributed by atoms with Crippen molar-refractivity contribution in [1.82, 2.24) is 10.3 Å². The van der Waals surface area contributed by atoms with Crippen molar-refractivity contribution in [3.63, 3.8) is 0 Å². The average molecular weight is 319 g/mol. The number of anilines is 2. The first-order valence-corrected chi connectivity index (χ1v) is 8.77. The van der Waals surface area contributed by atoms with Crippen molar-refractivity contribution in [2.75, 3.05) is 18.5 Å². The van der Waals surface area contributed by atoms with Crippen LogP contribution in [0.15, 0.2) is 29.6 Å². The lowest BCUT2D eigenvalue weighted by Gasteiger charge is -2.11. The summed E-state index contributed by atoms with van der Waals surface area (Å²) >= 11 is 1.64. The maximum atomic E-state index is 5.44. The Morgan fingerprint density at radius 1 is 1.23 bits per heavy atom. The monoisotopic (exact) mass is 319 g/mol. The largest absolute Gasteiger partial charge is 0.494 e. The van der Waals surface area contributed by atoms with Gasteiger partial charge in [0.1, 0.15) is 5.75 Å². The first-order valence-electron chi connectivity index (χ1n) is 7.89. The molecule has 22 heavy (non-hydrogen) atoms. The summed E-state index contributed by atoms with van der Waals surface area (Å²) in [6.07, 6.45) is 2.12. The van der Waals surface area contributed by atoms with Crippen LogP contribution < -0.4 is 15.4 Å². The van der Waals surface area contributed by atoms with E-state index in [0.29, 0.717) is 12.6 Å². The van der Waals surface area contributed by atoms with Gasteiger partial charge in [0.2, 0.25) is 0 Å². The molecule has 0 aliphatic heterocycles. The lowest BCUT2D eigenvalue weighted by Crippen LogP contribution is -2.28. The van der Waals surface area contributed by atoms with E-state index in [2.05, 4.69) is 34.8 Å². The van der Waals surface area contributed by atoms with Crippen LogP contribution in [0.4, 0.5) is 10.8 Å². The summed E-state index contributed by atoms with van der Waals surface area (Å²) in [7, 11) is 0. The van der Waals surface area contributed by atoms with E-state index in [0.717, 1.165) is 41.6 Å². The third kappa shape index (κ3) is 5.31. The second kappa shape index (κ2) is 8.76. The fraction of sp³-hybridized carbons (Fsp3) is 0.471. The van der Waals surface area contributed by atoms with Gasteiger partial charge in [-0.15, -0.1) is 11.3 Å². The predicted octanol–water partition coefficient (Wildman–Crippen LogP) is 4.22. The van der Waals surface area contributed by atoms with Gasteiger partial charge in [-0.05, 0) is 51.1 Å². The van der Waals surface area contributed by atoms with Gasteiger partial charge in [-0.25, -0.2) is 4.98 Å². The molecule has 4 nitrogen and oxygen atoms in total. The predicted molar refractivity (Wildman–Crippen MR) is 94.5 cm³/mol. The number of nitrogens with one attached hydrogen (secondary N) is 2. The summed E-state index contributed by atoms with van der Waals surface area (Å²) in [5.74, 6) is 0.892. The summed E-state index contributed by atoms with van der Waals surface area (Å²) in [4.78, 5) is 4.65. The zero-order valence-corrected chi connectivity index (χ0v) is 14.4.